The van der Waals surface area contributed by atoms with Crippen molar-refractivity contribution >= 4 is 35.0 Å². The highest BCUT2D eigenvalue weighted by molar-refractivity contribution is 8.00. The fourth-order valence-electron chi connectivity index (χ4n) is 3.60. The van der Waals surface area contributed by atoms with E-state index in [0.717, 1.165) is 16.9 Å². The summed E-state index contributed by atoms with van der Waals surface area (Å²) in [5, 5.41) is 2.84. The molecule has 1 saturated heterocycles. The predicted molar refractivity (Wildman–Crippen MR) is 129 cm³/mol. The van der Waals surface area contributed by atoms with Gasteiger partial charge >= 0.3 is 0 Å². The number of amides is 2. The first kappa shape index (κ1) is 21.2. The van der Waals surface area contributed by atoms with Crippen LogP contribution in [0.1, 0.15) is 47.6 Å². The van der Waals surface area contributed by atoms with Gasteiger partial charge in [-0.1, -0.05) is 63.2 Å². The zero-order valence-corrected chi connectivity index (χ0v) is 18.8. The number of thioether (sulfide) groups is 1. The molecule has 0 aromatic heterocycles. The summed E-state index contributed by atoms with van der Waals surface area (Å²) < 4.78 is 0. The maximum atomic E-state index is 12.7. The van der Waals surface area contributed by atoms with E-state index in [1.165, 1.54) is 5.56 Å². The van der Waals surface area contributed by atoms with Crippen LogP contribution in [0.4, 0.5) is 11.4 Å². The van der Waals surface area contributed by atoms with Gasteiger partial charge in [-0.15, -0.1) is 11.8 Å². The number of carbonyl (C=O) groups is 2. The lowest BCUT2D eigenvalue weighted by molar-refractivity contribution is -0.115. The topological polar surface area (TPSA) is 49.4 Å². The quantitative estimate of drug-likeness (QED) is 0.551. The van der Waals surface area contributed by atoms with Crippen molar-refractivity contribution < 1.29 is 9.59 Å². The first-order valence-electron chi connectivity index (χ1n) is 10.3. The van der Waals surface area contributed by atoms with Gasteiger partial charge in [-0.3, -0.25) is 14.5 Å². The maximum absolute atomic E-state index is 12.7. The van der Waals surface area contributed by atoms with Gasteiger partial charge in [-0.25, -0.2) is 0 Å². The Kier molecular flexibility index (Phi) is 5.88. The number of hydrogen-bond donors (Lipinski definition) is 1. The molecule has 1 heterocycles. The molecule has 1 fully saturated rings. The predicted octanol–water partition coefficient (Wildman–Crippen LogP) is 6.02. The van der Waals surface area contributed by atoms with Gasteiger partial charge in [0.25, 0.3) is 5.91 Å². The fourth-order valence-corrected chi connectivity index (χ4v) is 4.77. The first-order chi connectivity index (χ1) is 14.8. The number of nitrogens with one attached hydrogen (secondary N) is 1. The monoisotopic (exact) mass is 430 g/mol. The lowest BCUT2D eigenvalue weighted by Crippen LogP contribution is -2.28. The number of carbonyl (C=O) groups excluding carboxylic acids is 2. The molecule has 4 nitrogen and oxygen atoms in total. The van der Waals surface area contributed by atoms with Crippen molar-refractivity contribution in [1.29, 1.82) is 0 Å². The van der Waals surface area contributed by atoms with Crippen LogP contribution < -0.4 is 10.2 Å². The molecular weight excluding hydrogens is 404 g/mol. The number of anilines is 2. The maximum Gasteiger partial charge on any atom is 0.255 e. The van der Waals surface area contributed by atoms with E-state index in [1.54, 1.807) is 23.9 Å². The molecule has 0 aliphatic carbocycles. The Hall–Kier alpha value is -3.05. The lowest BCUT2D eigenvalue weighted by Gasteiger charge is -2.26. The molecule has 31 heavy (non-hydrogen) atoms. The van der Waals surface area contributed by atoms with Crippen LogP contribution in [0.5, 0.6) is 0 Å². The zero-order chi connectivity index (χ0) is 22.0. The summed E-state index contributed by atoms with van der Waals surface area (Å²) in [6, 6.07) is 25.1. The standard InChI is InChI=1S/C26H26N2O2S/c1-26(2,3)20-11-15-22(16-12-20)28-23(29)17-31-25(28)19-9-13-21(14-10-19)27-24(30)18-7-5-4-6-8-18/h4-16,25H,17H2,1-3H3,(H,27,30)/t25-/m1/s1. The number of hydrogen-bond acceptors (Lipinski definition) is 3. The van der Waals surface area contributed by atoms with Crippen LogP contribution in [-0.4, -0.2) is 17.6 Å². The summed E-state index contributed by atoms with van der Waals surface area (Å²) in [5.74, 6) is 0.428. The van der Waals surface area contributed by atoms with E-state index in [4.69, 9.17) is 0 Å². The van der Waals surface area contributed by atoms with E-state index < -0.39 is 0 Å². The Bertz CT molecular complexity index is 1070. The van der Waals surface area contributed by atoms with Crippen LogP contribution in [-0.2, 0) is 10.2 Å². The van der Waals surface area contributed by atoms with Gasteiger partial charge in [-0.2, -0.15) is 0 Å². The summed E-state index contributed by atoms with van der Waals surface area (Å²) in [5.41, 5.74) is 4.61. The second kappa shape index (κ2) is 8.60. The van der Waals surface area contributed by atoms with Crippen molar-refractivity contribution in [2.75, 3.05) is 16.0 Å². The van der Waals surface area contributed by atoms with E-state index in [2.05, 4.69) is 38.2 Å². The van der Waals surface area contributed by atoms with Gasteiger partial charge in [0.2, 0.25) is 5.91 Å². The molecule has 0 bridgehead atoms. The number of nitrogens with zero attached hydrogens (tertiary/aromatic N) is 1. The third-order valence-electron chi connectivity index (χ3n) is 5.37. The molecule has 0 radical (unpaired) electrons. The molecule has 4 rings (SSSR count). The smallest absolute Gasteiger partial charge is 0.255 e. The molecule has 5 heteroatoms. The Morgan fingerprint density at radius 2 is 1.58 bits per heavy atom. The Balaban J connectivity index is 1.51. The zero-order valence-electron chi connectivity index (χ0n) is 18.0. The molecule has 0 unspecified atom stereocenters. The number of benzene rings is 3. The van der Waals surface area contributed by atoms with Crippen LogP contribution in [0, 0.1) is 0 Å². The highest BCUT2D eigenvalue weighted by atomic mass is 32.2. The second-order valence-electron chi connectivity index (χ2n) is 8.67. The van der Waals surface area contributed by atoms with Crippen LogP contribution in [0.25, 0.3) is 0 Å². The Morgan fingerprint density at radius 1 is 0.935 bits per heavy atom. The fraction of sp³-hybridized carbons (Fsp3) is 0.231. The number of rotatable bonds is 4. The van der Waals surface area contributed by atoms with E-state index in [-0.39, 0.29) is 22.6 Å². The van der Waals surface area contributed by atoms with Gasteiger partial charge in [-0.05, 0) is 52.9 Å². The third kappa shape index (κ3) is 4.67. The van der Waals surface area contributed by atoms with E-state index in [9.17, 15) is 9.59 Å². The summed E-state index contributed by atoms with van der Waals surface area (Å²) in [4.78, 5) is 26.9. The molecule has 158 valence electrons. The summed E-state index contributed by atoms with van der Waals surface area (Å²) in [6.07, 6.45) is 0. The Labute approximate surface area is 187 Å². The van der Waals surface area contributed by atoms with Crippen LogP contribution in [0.3, 0.4) is 0 Å². The van der Waals surface area contributed by atoms with Gasteiger partial charge < -0.3 is 5.32 Å². The van der Waals surface area contributed by atoms with Crippen molar-refractivity contribution in [3.63, 3.8) is 0 Å². The highest BCUT2D eigenvalue weighted by Crippen LogP contribution is 2.42. The van der Waals surface area contributed by atoms with E-state index >= 15 is 0 Å². The molecule has 3 aromatic rings. The SMILES string of the molecule is CC(C)(C)c1ccc(N2C(=O)CS[C@@H]2c2ccc(NC(=O)c3ccccc3)cc2)cc1. The molecule has 1 aliphatic rings. The summed E-state index contributed by atoms with van der Waals surface area (Å²) in [7, 11) is 0. The minimum absolute atomic E-state index is 0.0711. The molecule has 0 saturated carbocycles. The van der Waals surface area contributed by atoms with Gasteiger partial charge in [0, 0.05) is 16.9 Å². The average Bonchev–Trinajstić information content (AvgIpc) is 3.15. The van der Waals surface area contributed by atoms with Crippen LogP contribution >= 0.6 is 11.8 Å². The minimum Gasteiger partial charge on any atom is -0.322 e. The van der Waals surface area contributed by atoms with Crippen molar-refractivity contribution in [1.82, 2.24) is 0 Å². The van der Waals surface area contributed by atoms with Crippen LogP contribution in [0.2, 0.25) is 0 Å². The van der Waals surface area contributed by atoms with Crippen molar-refractivity contribution in [3.05, 3.63) is 95.6 Å². The highest BCUT2D eigenvalue weighted by Gasteiger charge is 2.34. The average molecular weight is 431 g/mol. The molecule has 3 aromatic carbocycles. The normalized spacial score (nSPS) is 16.4. The van der Waals surface area contributed by atoms with Crippen molar-refractivity contribution in [3.8, 4) is 0 Å². The molecule has 1 aliphatic heterocycles. The first-order valence-corrected chi connectivity index (χ1v) is 11.4. The molecule has 2 amide bonds. The molecular formula is C26H26N2O2S. The Morgan fingerprint density at radius 3 is 2.19 bits per heavy atom. The van der Waals surface area contributed by atoms with Crippen LogP contribution in [0.15, 0.2) is 78.9 Å². The second-order valence-corrected chi connectivity index (χ2v) is 9.73. The van der Waals surface area contributed by atoms with Crippen molar-refractivity contribution in [2.24, 2.45) is 0 Å². The summed E-state index contributed by atoms with van der Waals surface area (Å²) in [6.45, 7) is 6.54. The van der Waals surface area contributed by atoms with Crippen molar-refractivity contribution in [2.45, 2.75) is 31.6 Å². The molecule has 1 N–H and O–H groups in total. The van der Waals surface area contributed by atoms with E-state index in [1.807, 2.05) is 59.5 Å². The molecule has 1 atom stereocenters. The lowest BCUT2D eigenvalue weighted by atomic mass is 9.87. The van der Waals surface area contributed by atoms with Gasteiger partial charge in [0.15, 0.2) is 0 Å². The molecule has 0 spiro atoms. The van der Waals surface area contributed by atoms with Gasteiger partial charge in [0.1, 0.15) is 5.37 Å². The van der Waals surface area contributed by atoms with E-state index in [0.29, 0.717) is 11.3 Å². The summed E-state index contributed by atoms with van der Waals surface area (Å²) >= 11 is 1.62. The van der Waals surface area contributed by atoms with Gasteiger partial charge in [0.05, 0.1) is 5.75 Å². The minimum atomic E-state index is -0.140. The largest absolute Gasteiger partial charge is 0.322 e. The third-order valence-corrected chi connectivity index (χ3v) is 6.58.